The SMILES string of the molecule is COc1ccc(C(=O)NNC(=O)CNC(=O)CNC(=O)c2ccc(Cl)cc2Cl)cc1OC. The van der Waals surface area contributed by atoms with Crippen molar-refractivity contribution in [3.05, 3.63) is 57.6 Å². The van der Waals surface area contributed by atoms with Gasteiger partial charge in [-0.2, -0.15) is 0 Å². The van der Waals surface area contributed by atoms with Crippen molar-refractivity contribution in [2.45, 2.75) is 0 Å². The summed E-state index contributed by atoms with van der Waals surface area (Å²) in [6.07, 6.45) is 0. The van der Waals surface area contributed by atoms with Crippen LogP contribution in [0.15, 0.2) is 36.4 Å². The Kier molecular flexibility index (Phi) is 9.11. The first-order valence-electron chi connectivity index (χ1n) is 9.06. The fraction of sp³-hybridized carbons (Fsp3) is 0.200. The van der Waals surface area contributed by atoms with E-state index in [9.17, 15) is 19.2 Å². The lowest BCUT2D eigenvalue weighted by Gasteiger charge is -2.11. The molecule has 32 heavy (non-hydrogen) atoms. The van der Waals surface area contributed by atoms with Crippen LogP contribution in [-0.2, 0) is 9.59 Å². The molecule has 0 unspecified atom stereocenters. The monoisotopic (exact) mass is 482 g/mol. The van der Waals surface area contributed by atoms with Gasteiger partial charge in [0, 0.05) is 10.6 Å². The number of rotatable bonds is 8. The molecule has 0 aliphatic carbocycles. The van der Waals surface area contributed by atoms with Crippen LogP contribution in [-0.4, -0.2) is 50.9 Å². The van der Waals surface area contributed by atoms with Crippen LogP contribution < -0.4 is 31.0 Å². The highest BCUT2D eigenvalue weighted by atomic mass is 35.5. The number of hydrogen-bond donors (Lipinski definition) is 4. The number of hydrazine groups is 1. The lowest BCUT2D eigenvalue weighted by atomic mass is 10.2. The molecule has 0 heterocycles. The van der Waals surface area contributed by atoms with Gasteiger partial charge in [0.25, 0.3) is 17.7 Å². The molecular weight excluding hydrogens is 463 g/mol. The maximum absolute atomic E-state index is 12.1. The molecule has 0 aliphatic heterocycles. The topological polar surface area (TPSA) is 135 Å². The van der Waals surface area contributed by atoms with Crippen LogP contribution in [0.4, 0.5) is 0 Å². The lowest BCUT2D eigenvalue weighted by molar-refractivity contribution is -0.125. The summed E-state index contributed by atoms with van der Waals surface area (Å²) in [6, 6.07) is 8.79. The molecule has 2 rings (SSSR count). The summed E-state index contributed by atoms with van der Waals surface area (Å²) < 4.78 is 10.2. The van der Waals surface area contributed by atoms with Crippen LogP contribution in [0, 0.1) is 0 Å². The maximum atomic E-state index is 12.1. The minimum absolute atomic E-state index is 0.139. The van der Waals surface area contributed by atoms with Crippen LogP contribution in [0.3, 0.4) is 0 Å². The molecule has 0 aliphatic rings. The summed E-state index contributed by atoms with van der Waals surface area (Å²) in [5.74, 6) is -1.68. The zero-order chi connectivity index (χ0) is 23.7. The van der Waals surface area contributed by atoms with Crippen molar-refractivity contribution in [1.82, 2.24) is 21.5 Å². The van der Waals surface area contributed by atoms with Gasteiger partial charge in [0.2, 0.25) is 5.91 Å². The normalized spacial score (nSPS) is 10.0. The van der Waals surface area contributed by atoms with Crippen LogP contribution in [0.2, 0.25) is 10.0 Å². The number of ether oxygens (including phenoxy) is 2. The van der Waals surface area contributed by atoms with E-state index >= 15 is 0 Å². The van der Waals surface area contributed by atoms with Gasteiger partial charge in [0.1, 0.15) is 0 Å². The van der Waals surface area contributed by atoms with E-state index in [1.807, 2.05) is 0 Å². The Balaban J connectivity index is 1.75. The Morgan fingerprint density at radius 1 is 0.781 bits per heavy atom. The molecule has 4 N–H and O–H groups in total. The smallest absolute Gasteiger partial charge is 0.269 e. The van der Waals surface area contributed by atoms with Crippen LogP contribution in [0.25, 0.3) is 0 Å². The van der Waals surface area contributed by atoms with Gasteiger partial charge in [-0.1, -0.05) is 23.2 Å². The van der Waals surface area contributed by atoms with E-state index in [-0.39, 0.29) is 22.7 Å². The Labute approximate surface area is 193 Å². The van der Waals surface area contributed by atoms with Crippen LogP contribution >= 0.6 is 23.2 Å². The molecule has 2 aromatic rings. The van der Waals surface area contributed by atoms with E-state index in [1.54, 1.807) is 6.07 Å². The maximum Gasteiger partial charge on any atom is 0.269 e. The highest BCUT2D eigenvalue weighted by molar-refractivity contribution is 6.36. The molecule has 0 atom stereocenters. The van der Waals surface area contributed by atoms with Gasteiger partial charge >= 0.3 is 0 Å². The molecule has 0 bridgehead atoms. The number of amides is 4. The van der Waals surface area contributed by atoms with Crippen LogP contribution in [0.5, 0.6) is 11.5 Å². The highest BCUT2D eigenvalue weighted by Gasteiger charge is 2.14. The molecule has 10 nitrogen and oxygen atoms in total. The summed E-state index contributed by atoms with van der Waals surface area (Å²) in [5, 5.41) is 5.18. The largest absolute Gasteiger partial charge is 0.493 e. The van der Waals surface area contributed by atoms with Gasteiger partial charge in [0.15, 0.2) is 11.5 Å². The predicted molar refractivity (Wildman–Crippen MR) is 117 cm³/mol. The van der Waals surface area contributed by atoms with Crippen LogP contribution in [0.1, 0.15) is 20.7 Å². The number of nitrogens with one attached hydrogen (secondary N) is 4. The second kappa shape index (κ2) is 11.8. The Hall–Kier alpha value is -3.50. The van der Waals surface area contributed by atoms with Crippen molar-refractivity contribution in [1.29, 1.82) is 0 Å². The number of halogens is 2. The molecule has 170 valence electrons. The van der Waals surface area contributed by atoms with Gasteiger partial charge in [-0.05, 0) is 36.4 Å². The summed E-state index contributed by atoms with van der Waals surface area (Å²) in [7, 11) is 2.89. The molecule has 2 aromatic carbocycles. The Morgan fingerprint density at radius 2 is 1.47 bits per heavy atom. The third-order valence-electron chi connectivity index (χ3n) is 3.99. The Morgan fingerprint density at radius 3 is 2.12 bits per heavy atom. The van der Waals surface area contributed by atoms with E-state index in [0.717, 1.165) is 0 Å². The standard InChI is InChI=1S/C20H20Cl2N4O6/c1-31-15-6-3-11(7-16(15)32-2)19(29)26-25-18(28)10-23-17(27)9-24-20(30)13-5-4-12(21)8-14(13)22/h3-8H,9-10H2,1-2H3,(H,23,27)(H,24,30)(H,25,28)(H,26,29). The molecule has 4 amide bonds. The summed E-state index contributed by atoms with van der Waals surface area (Å²) in [6.45, 7) is -0.814. The second-order valence-corrected chi connectivity index (χ2v) is 7.00. The average Bonchev–Trinajstić information content (AvgIpc) is 2.78. The summed E-state index contributed by atoms with van der Waals surface area (Å²) in [4.78, 5) is 47.9. The van der Waals surface area contributed by atoms with Crippen molar-refractivity contribution in [3.63, 3.8) is 0 Å². The van der Waals surface area contributed by atoms with E-state index in [1.165, 1.54) is 44.6 Å². The Bertz CT molecular complexity index is 1030. The molecule has 12 heteroatoms. The van der Waals surface area contributed by atoms with Gasteiger partial charge in [-0.15, -0.1) is 0 Å². The van der Waals surface area contributed by atoms with Crippen molar-refractivity contribution in [3.8, 4) is 11.5 Å². The van der Waals surface area contributed by atoms with Crippen molar-refractivity contribution in [2.24, 2.45) is 0 Å². The quantitative estimate of drug-likeness (QED) is 0.419. The molecule has 0 aromatic heterocycles. The van der Waals surface area contributed by atoms with Gasteiger partial charge in [-0.3, -0.25) is 30.0 Å². The molecule has 0 spiro atoms. The van der Waals surface area contributed by atoms with Crippen molar-refractivity contribution < 1.29 is 28.7 Å². The van der Waals surface area contributed by atoms with Crippen molar-refractivity contribution in [2.75, 3.05) is 27.3 Å². The van der Waals surface area contributed by atoms with E-state index in [2.05, 4.69) is 21.5 Å². The number of benzene rings is 2. The average molecular weight is 483 g/mol. The lowest BCUT2D eigenvalue weighted by Crippen LogP contribution is -2.47. The zero-order valence-electron chi connectivity index (χ0n) is 17.1. The number of carbonyl (C=O) groups is 4. The third-order valence-corrected chi connectivity index (χ3v) is 4.54. The molecule has 0 radical (unpaired) electrons. The molecular formula is C20H20Cl2N4O6. The van der Waals surface area contributed by atoms with E-state index in [0.29, 0.717) is 16.5 Å². The van der Waals surface area contributed by atoms with Gasteiger partial charge in [-0.25, -0.2) is 0 Å². The molecule has 0 saturated heterocycles. The second-order valence-electron chi connectivity index (χ2n) is 6.16. The van der Waals surface area contributed by atoms with Gasteiger partial charge in [0.05, 0.1) is 37.9 Å². The van der Waals surface area contributed by atoms with Crippen molar-refractivity contribution >= 4 is 46.8 Å². The summed E-state index contributed by atoms with van der Waals surface area (Å²) in [5.41, 5.74) is 4.75. The minimum Gasteiger partial charge on any atom is -0.493 e. The third kappa shape index (κ3) is 7.03. The summed E-state index contributed by atoms with van der Waals surface area (Å²) >= 11 is 11.7. The van der Waals surface area contributed by atoms with E-state index < -0.39 is 30.2 Å². The molecule has 0 fully saturated rings. The first kappa shape index (κ1) is 24.8. The first-order valence-corrected chi connectivity index (χ1v) is 9.82. The zero-order valence-corrected chi connectivity index (χ0v) is 18.6. The minimum atomic E-state index is -0.681. The first-order chi connectivity index (χ1) is 15.2. The molecule has 0 saturated carbocycles. The predicted octanol–water partition coefficient (Wildman–Crippen LogP) is 1.32. The fourth-order valence-electron chi connectivity index (χ4n) is 2.39. The van der Waals surface area contributed by atoms with E-state index in [4.69, 9.17) is 32.7 Å². The number of carbonyl (C=O) groups excluding carboxylic acids is 4. The number of methoxy groups -OCH3 is 2. The van der Waals surface area contributed by atoms with Gasteiger partial charge < -0.3 is 20.1 Å². The fourth-order valence-corrected chi connectivity index (χ4v) is 2.89. The number of hydrogen-bond acceptors (Lipinski definition) is 6. The highest BCUT2D eigenvalue weighted by Crippen LogP contribution is 2.27.